The molecule has 1 unspecified atom stereocenters. The molecule has 1 atom stereocenters. The summed E-state index contributed by atoms with van der Waals surface area (Å²) < 4.78 is 24.9. The minimum Gasteiger partial charge on any atom is -0.316 e. The van der Waals surface area contributed by atoms with E-state index < -0.39 is 10.0 Å². The van der Waals surface area contributed by atoms with Gasteiger partial charge >= 0.3 is 0 Å². The summed E-state index contributed by atoms with van der Waals surface area (Å²) in [5, 5.41) is 2.92. The van der Waals surface area contributed by atoms with Crippen molar-refractivity contribution in [3.8, 4) is 0 Å². The van der Waals surface area contributed by atoms with Gasteiger partial charge in [0.15, 0.2) is 0 Å². The van der Waals surface area contributed by atoms with Crippen LogP contribution in [0.4, 0.5) is 0 Å². The summed E-state index contributed by atoms with van der Waals surface area (Å²) in [6.45, 7) is 6.04. The average Bonchev–Trinajstić information content (AvgIpc) is 2.56. The lowest BCUT2D eigenvalue weighted by molar-refractivity contribution is 0.396. The van der Waals surface area contributed by atoms with E-state index >= 15 is 0 Å². The lowest BCUT2D eigenvalue weighted by Gasteiger charge is -2.22. The van der Waals surface area contributed by atoms with Crippen LogP contribution in [0.2, 0.25) is 0 Å². The van der Waals surface area contributed by atoms with Gasteiger partial charge in [0, 0.05) is 13.6 Å². The maximum absolute atomic E-state index is 11.7. The van der Waals surface area contributed by atoms with Crippen LogP contribution in [0, 0.1) is 5.92 Å². The fourth-order valence-corrected chi connectivity index (χ4v) is 2.84. The van der Waals surface area contributed by atoms with E-state index in [0.29, 0.717) is 12.5 Å². The molecular formula is C9H20N2O2S. The fraction of sp³-hybridized carbons (Fsp3) is 1.00. The molecule has 84 valence electrons. The zero-order valence-electron chi connectivity index (χ0n) is 9.16. The van der Waals surface area contributed by atoms with Crippen molar-refractivity contribution in [2.75, 3.05) is 26.7 Å². The summed E-state index contributed by atoms with van der Waals surface area (Å²) in [5.74, 6) is 0.480. The number of rotatable bonds is 4. The third-order valence-electron chi connectivity index (χ3n) is 2.71. The molecule has 1 aliphatic heterocycles. The first kappa shape index (κ1) is 11.9. The van der Waals surface area contributed by atoms with Gasteiger partial charge in [-0.05, 0) is 39.3 Å². The number of hydrogen-bond donors (Lipinski definition) is 1. The van der Waals surface area contributed by atoms with Crippen molar-refractivity contribution in [1.29, 1.82) is 0 Å². The molecular weight excluding hydrogens is 200 g/mol. The number of sulfonamides is 1. The largest absolute Gasteiger partial charge is 0.316 e. The molecule has 0 radical (unpaired) electrons. The number of nitrogens with one attached hydrogen (secondary N) is 1. The van der Waals surface area contributed by atoms with Gasteiger partial charge in [0.2, 0.25) is 10.0 Å². The molecule has 0 spiro atoms. The van der Waals surface area contributed by atoms with Crippen molar-refractivity contribution in [3.05, 3.63) is 0 Å². The van der Waals surface area contributed by atoms with Crippen molar-refractivity contribution in [2.45, 2.75) is 25.5 Å². The summed E-state index contributed by atoms with van der Waals surface area (Å²) in [5.41, 5.74) is 0. The van der Waals surface area contributed by atoms with Crippen molar-refractivity contribution >= 4 is 10.0 Å². The van der Waals surface area contributed by atoms with Crippen LogP contribution in [0.1, 0.15) is 20.3 Å². The van der Waals surface area contributed by atoms with Crippen LogP contribution in [0.5, 0.6) is 0 Å². The van der Waals surface area contributed by atoms with Crippen LogP contribution in [0.15, 0.2) is 0 Å². The van der Waals surface area contributed by atoms with Crippen molar-refractivity contribution < 1.29 is 8.42 Å². The van der Waals surface area contributed by atoms with Gasteiger partial charge in [-0.15, -0.1) is 0 Å². The Kier molecular flexibility index (Phi) is 3.92. The number of nitrogens with zero attached hydrogens (tertiary/aromatic N) is 1. The molecule has 0 bridgehead atoms. The predicted octanol–water partition coefficient (Wildman–Crippen LogP) is 0.266. The summed E-state index contributed by atoms with van der Waals surface area (Å²) in [6, 6.07) is 0. The molecule has 1 rings (SSSR count). The molecule has 0 aromatic rings. The van der Waals surface area contributed by atoms with Crippen LogP contribution in [-0.4, -0.2) is 44.7 Å². The molecule has 0 saturated carbocycles. The van der Waals surface area contributed by atoms with E-state index in [1.807, 2.05) is 0 Å². The van der Waals surface area contributed by atoms with Gasteiger partial charge in [0.25, 0.3) is 0 Å². The predicted molar refractivity (Wildman–Crippen MR) is 57.7 cm³/mol. The van der Waals surface area contributed by atoms with Crippen molar-refractivity contribution in [2.24, 2.45) is 5.92 Å². The fourth-order valence-electron chi connectivity index (χ4n) is 1.70. The highest BCUT2D eigenvalue weighted by Gasteiger charge is 2.25. The summed E-state index contributed by atoms with van der Waals surface area (Å²) in [7, 11) is -1.38. The monoisotopic (exact) mass is 220 g/mol. The highest BCUT2D eigenvalue weighted by molar-refractivity contribution is 7.89. The molecule has 0 aromatic carbocycles. The number of hydrogen-bond acceptors (Lipinski definition) is 3. The van der Waals surface area contributed by atoms with E-state index in [1.54, 1.807) is 20.9 Å². The molecule has 1 aliphatic rings. The van der Waals surface area contributed by atoms with E-state index in [9.17, 15) is 8.42 Å². The topological polar surface area (TPSA) is 49.4 Å². The van der Waals surface area contributed by atoms with Crippen molar-refractivity contribution in [1.82, 2.24) is 9.62 Å². The Bertz CT molecular complexity index is 269. The molecule has 1 heterocycles. The van der Waals surface area contributed by atoms with Crippen LogP contribution in [-0.2, 0) is 10.0 Å². The SMILES string of the molecule is CC(C)S(=O)(=O)N(C)CC1CCNC1. The second-order valence-electron chi connectivity index (χ2n) is 4.23. The standard InChI is InChI=1S/C9H20N2O2S/c1-8(2)14(12,13)11(3)7-9-4-5-10-6-9/h8-10H,4-7H2,1-3H3. The first-order valence-electron chi connectivity index (χ1n) is 5.10. The Hall–Kier alpha value is -0.130. The first-order valence-corrected chi connectivity index (χ1v) is 6.60. The normalized spacial score (nSPS) is 23.6. The highest BCUT2D eigenvalue weighted by atomic mass is 32.2. The van der Waals surface area contributed by atoms with Crippen molar-refractivity contribution in [3.63, 3.8) is 0 Å². The Morgan fingerprint density at radius 3 is 2.57 bits per heavy atom. The molecule has 0 aliphatic carbocycles. The molecule has 1 saturated heterocycles. The van der Waals surface area contributed by atoms with Gasteiger partial charge in [-0.2, -0.15) is 0 Å². The molecule has 1 N–H and O–H groups in total. The van der Waals surface area contributed by atoms with Gasteiger partial charge < -0.3 is 5.32 Å². The third kappa shape index (κ3) is 2.68. The smallest absolute Gasteiger partial charge is 0.216 e. The maximum Gasteiger partial charge on any atom is 0.216 e. The lowest BCUT2D eigenvalue weighted by atomic mass is 10.1. The Morgan fingerprint density at radius 2 is 2.14 bits per heavy atom. The second kappa shape index (κ2) is 4.59. The third-order valence-corrected chi connectivity index (χ3v) is 4.92. The second-order valence-corrected chi connectivity index (χ2v) is 6.83. The zero-order valence-corrected chi connectivity index (χ0v) is 9.97. The molecule has 4 nitrogen and oxygen atoms in total. The molecule has 1 fully saturated rings. The van der Waals surface area contributed by atoms with E-state index in [0.717, 1.165) is 19.5 Å². The Morgan fingerprint density at radius 1 is 1.50 bits per heavy atom. The molecule has 14 heavy (non-hydrogen) atoms. The average molecular weight is 220 g/mol. The highest BCUT2D eigenvalue weighted by Crippen LogP contribution is 2.13. The Labute approximate surface area is 86.7 Å². The quantitative estimate of drug-likeness (QED) is 0.739. The molecule has 5 heteroatoms. The zero-order chi connectivity index (χ0) is 10.8. The first-order chi connectivity index (χ1) is 6.44. The molecule has 0 amide bonds. The van der Waals surface area contributed by atoms with E-state index in [1.165, 1.54) is 4.31 Å². The van der Waals surface area contributed by atoms with Crippen LogP contribution < -0.4 is 5.32 Å². The summed E-state index contributed by atoms with van der Waals surface area (Å²) in [6.07, 6.45) is 1.08. The minimum atomic E-state index is -3.06. The van der Waals surface area contributed by atoms with Gasteiger partial charge in [-0.25, -0.2) is 12.7 Å². The Balaban J connectivity index is 2.52. The van der Waals surface area contributed by atoms with Crippen LogP contribution >= 0.6 is 0 Å². The lowest BCUT2D eigenvalue weighted by Crippen LogP contribution is -2.37. The van der Waals surface area contributed by atoms with Gasteiger partial charge in [-0.3, -0.25) is 0 Å². The van der Waals surface area contributed by atoms with Crippen LogP contribution in [0.25, 0.3) is 0 Å². The molecule has 0 aromatic heterocycles. The maximum atomic E-state index is 11.7. The van der Waals surface area contributed by atoms with E-state index in [-0.39, 0.29) is 5.25 Å². The van der Waals surface area contributed by atoms with Gasteiger partial charge in [0.1, 0.15) is 0 Å². The van der Waals surface area contributed by atoms with Gasteiger partial charge in [0.05, 0.1) is 5.25 Å². The van der Waals surface area contributed by atoms with E-state index in [2.05, 4.69) is 5.32 Å². The van der Waals surface area contributed by atoms with E-state index in [4.69, 9.17) is 0 Å². The van der Waals surface area contributed by atoms with Gasteiger partial charge in [-0.1, -0.05) is 0 Å². The summed E-state index contributed by atoms with van der Waals surface area (Å²) in [4.78, 5) is 0. The minimum absolute atomic E-state index is 0.318. The summed E-state index contributed by atoms with van der Waals surface area (Å²) >= 11 is 0. The van der Waals surface area contributed by atoms with Crippen LogP contribution in [0.3, 0.4) is 0 Å².